The van der Waals surface area contributed by atoms with Crippen LogP contribution in [0.5, 0.6) is 0 Å². The van der Waals surface area contributed by atoms with Crippen LogP contribution in [0.4, 0.5) is 8.78 Å². The molecule has 1 fully saturated rings. The molecule has 0 amide bonds. The van der Waals surface area contributed by atoms with Crippen molar-refractivity contribution in [3.05, 3.63) is 95.8 Å². The average Bonchev–Trinajstić information content (AvgIpc) is 2.88. The molecule has 10 heteroatoms. The minimum absolute atomic E-state index is 0. The van der Waals surface area contributed by atoms with Crippen molar-refractivity contribution < 1.29 is 22.7 Å². The molecule has 37 heavy (non-hydrogen) atoms. The van der Waals surface area contributed by atoms with Crippen LogP contribution in [0.2, 0.25) is 0 Å². The van der Waals surface area contributed by atoms with Gasteiger partial charge < -0.3 is 5.48 Å². The molecule has 1 saturated carbocycles. The molecular weight excluding hydrogens is 520 g/mol. The zero-order chi connectivity index (χ0) is 25.5. The summed E-state index contributed by atoms with van der Waals surface area (Å²) in [6, 6.07) is 16.0. The molecule has 200 valence electrons. The number of sulfonamides is 1. The van der Waals surface area contributed by atoms with Gasteiger partial charge in [-0.25, -0.2) is 26.3 Å². The monoisotopic (exact) mass is 551 g/mol. The maximum atomic E-state index is 13.9. The van der Waals surface area contributed by atoms with E-state index in [-0.39, 0.29) is 40.6 Å². The predicted octanol–water partition coefficient (Wildman–Crippen LogP) is 4.85. The number of hydrogen-bond donors (Lipinski definition) is 1. The van der Waals surface area contributed by atoms with E-state index in [1.165, 1.54) is 30.3 Å². The first-order valence-electron chi connectivity index (χ1n) is 12.1. The van der Waals surface area contributed by atoms with E-state index in [0.29, 0.717) is 6.54 Å². The minimum Gasteiger partial charge on any atom is -0.412 e. The van der Waals surface area contributed by atoms with Crippen molar-refractivity contribution >= 4 is 21.8 Å². The van der Waals surface area contributed by atoms with E-state index < -0.39 is 15.8 Å². The molecule has 6 nitrogen and oxygen atoms in total. The molecule has 0 saturated heterocycles. The highest BCUT2D eigenvalue weighted by atomic mass is 35.5. The van der Waals surface area contributed by atoms with Gasteiger partial charge in [-0.3, -0.25) is 4.98 Å². The summed E-state index contributed by atoms with van der Waals surface area (Å²) in [5.41, 5.74) is 2.10. The van der Waals surface area contributed by atoms with Crippen molar-refractivity contribution in [2.75, 3.05) is 13.1 Å². The second-order valence-corrected chi connectivity index (χ2v) is 11.5. The normalized spacial score (nSPS) is 18.8. The molecule has 1 heterocycles. The Balaban J connectivity index is 0.00000380. The van der Waals surface area contributed by atoms with Gasteiger partial charge in [0, 0.05) is 37.4 Å². The fourth-order valence-electron chi connectivity index (χ4n) is 4.78. The zero-order valence-corrected chi connectivity index (χ0v) is 21.9. The van der Waals surface area contributed by atoms with Crippen molar-refractivity contribution in [3.63, 3.8) is 0 Å². The summed E-state index contributed by atoms with van der Waals surface area (Å²) in [5, 5.41) is 0. The van der Waals surface area contributed by atoms with Gasteiger partial charge in [0.05, 0.1) is 0 Å². The van der Waals surface area contributed by atoms with Gasteiger partial charge in [-0.2, -0.15) is 0 Å². The Morgan fingerprint density at radius 1 is 1.00 bits per heavy atom. The van der Waals surface area contributed by atoms with Crippen LogP contribution in [0, 0.1) is 17.6 Å². The van der Waals surface area contributed by atoms with Gasteiger partial charge in [0.15, 0.2) is 0 Å². The molecule has 3 aromatic rings. The number of halogens is 3. The predicted molar refractivity (Wildman–Crippen MR) is 141 cm³/mol. The lowest BCUT2D eigenvalue weighted by molar-refractivity contribution is 0.213. The number of aromatic nitrogens is 1. The van der Waals surface area contributed by atoms with Crippen LogP contribution in [-0.4, -0.2) is 42.4 Å². The fourth-order valence-corrected chi connectivity index (χ4v) is 6.34. The largest absolute Gasteiger partial charge is 0.412 e. The molecule has 1 aliphatic rings. The van der Waals surface area contributed by atoms with E-state index in [9.17, 15) is 17.2 Å². The van der Waals surface area contributed by atoms with Gasteiger partial charge in [0.25, 0.3) is 0 Å². The average molecular weight is 552 g/mol. The molecule has 3 N–H and O–H groups in total. The number of rotatable bonds is 10. The lowest BCUT2D eigenvalue weighted by Gasteiger charge is -2.34. The van der Waals surface area contributed by atoms with Gasteiger partial charge in [-0.05, 0) is 91.3 Å². The third-order valence-corrected chi connectivity index (χ3v) is 8.71. The Morgan fingerprint density at radius 2 is 1.70 bits per heavy atom. The van der Waals surface area contributed by atoms with Gasteiger partial charge in [0.2, 0.25) is 10.0 Å². The number of pyridine rings is 1. The van der Waals surface area contributed by atoms with Crippen LogP contribution in [0.3, 0.4) is 0 Å². The molecule has 0 spiro atoms. The van der Waals surface area contributed by atoms with Crippen LogP contribution in [0.1, 0.15) is 42.7 Å². The number of benzene rings is 2. The van der Waals surface area contributed by atoms with Crippen molar-refractivity contribution in [2.45, 2.75) is 49.0 Å². The molecule has 4 rings (SSSR count). The highest BCUT2D eigenvalue weighted by molar-refractivity contribution is 7.89. The molecule has 0 bridgehead atoms. The van der Waals surface area contributed by atoms with E-state index in [1.807, 2.05) is 22.7 Å². The fraction of sp³-hybridized carbons (Fsp3) is 0.370. The number of nitrogens with zero attached hydrogens (tertiary/aromatic N) is 2. The van der Waals surface area contributed by atoms with Crippen LogP contribution in [0.25, 0.3) is 0 Å². The second kappa shape index (κ2) is 13.4. The van der Waals surface area contributed by atoms with Crippen molar-refractivity contribution in [1.82, 2.24) is 14.1 Å². The Hall–Kier alpha value is -2.43. The van der Waals surface area contributed by atoms with E-state index in [1.54, 1.807) is 18.3 Å². The molecule has 1 atom stereocenters. The summed E-state index contributed by atoms with van der Waals surface area (Å²) in [6.07, 6.45) is 7.60. The smallest absolute Gasteiger partial charge is 0.243 e. The molecule has 0 radical (unpaired) electrons. The Labute approximate surface area is 222 Å². The maximum absolute atomic E-state index is 13.9. The van der Waals surface area contributed by atoms with Gasteiger partial charge >= 0.3 is 0 Å². The number of hydrogen-bond acceptors (Lipinski definition) is 4. The summed E-state index contributed by atoms with van der Waals surface area (Å²) < 4.78 is 56.8. The second-order valence-electron chi connectivity index (χ2n) is 9.35. The summed E-state index contributed by atoms with van der Waals surface area (Å²) in [4.78, 5) is 3.88. The molecule has 1 unspecified atom stereocenters. The van der Waals surface area contributed by atoms with Crippen LogP contribution in [0.15, 0.2) is 78.0 Å². The molecule has 1 aliphatic carbocycles. The molecule has 2 aromatic carbocycles. The van der Waals surface area contributed by atoms with Crippen LogP contribution >= 0.6 is 11.8 Å². The third-order valence-electron chi connectivity index (χ3n) is 6.84. The van der Waals surface area contributed by atoms with E-state index >= 15 is 0 Å². The lowest BCUT2D eigenvalue weighted by atomic mass is 9.85. The van der Waals surface area contributed by atoms with Crippen molar-refractivity contribution in [1.29, 1.82) is 0 Å². The molecule has 1 aromatic heterocycles. The van der Waals surface area contributed by atoms with Gasteiger partial charge in [-0.15, -0.1) is 0 Å². The number of nitrogens with one attached hydrogen (secondary N) is 1. The summed E-state index contributed by atoms with van der Waals surface area (Å²) in [7, 11) is -3.89. The van der Waals surface area contributed by atoms with Crippen molar-refractivity contribution in [3.8, 4) is 0 Å². The molecular formula is C27H32ClF2N3O3S. The summed E-state index contributed by atoms with van der Waals surface area (Å²) in [5.74, 6) is -0.798. The highest BCUT2D eigenvalue weighted by Crippen LogP contribution is 2.31. The maximum Gasteiger partial charge on any atom is 0.243 e. The Kier molecular flexibility index (Phi) is 10.5. The minimum atomic E-state index is -3.89. The third kappa shape index (κ3) is 8.02. The topological polar surface area (TPSA) is 93.8 Å². The Morgan fingerprint density at radius 3 is 2.35 bits per heavy atom. The first-order valence-corrected chi connectivity index (χ1v) is 13.9. The van der Waals surface area contributed by atoms with E-state index in [0.717, 1.165) is 49.3 Å². The standard InChI is InChI=1S/C27H30ClF2N3O2S.H2O/c28-33(19-23(16-21-4-3-15-31-17-21)22-9-11-24(29)12-10-22)25-13-7-20(8-14-25)18-32-36(34,35)27-6-2-1-5-26(27)30;/h1-6,9-12,15,17,20,23,25,32H,7-8,13-14,16,18-19H2;1H2. The van der Waals surface area contributed by atoms with E-state index in [2.05, 4.69) is 9.71 Å². The summed E-state index contributed by atoms with van der Waals surface area (Å²) >= 11 is 6.79. The Bertz CT molecular complexity index is 1230. The zero-order valence-electron chi connectivity index (χ0n) is 20.4. The van der Waals surface area contributed by atoms with Crippen LogP contribution in [-0.2, 0) is 16.4 Å². The quantitative estimate of drug-likeness (QED) is 0.364. The van der Waals surface area contributed by atoms with E-state index in [4.69, 9.17) is 11.8 Å². The lowest BCUT2D eigenvalue weighted by Crippen LogP contribution is -2.37. The molecule has 0 aliphatic heterocycles. The van der Waals surface area contributed by atoms with Gasteiger partial charge in [-0.1, -0.05) is 30.3 Å². The van der Waals surface area contributed by atoms with Gasteiger partial charge in [0.1, 0.15) is 16.5 Å². The first-order chi connectivity index (χ1) is 17.3. The SMILES string of the molecule is O.O=S(=O)(NCC1CCC(N(Cl)CC(Cc2cccnc2)c2ccc(F)cc2)CC1)c1ccccc1F. The highest BCUT2D eigenvalue weighted by Gasteiger charge is 2.29. The van der Waals surface area contributed by atoms with Crippen molar-refractivity contribution in [2.24, 2.45) is 5.92 Å². The van der Waals surface area contributed by atoms with Crippen LogP contribution < -0.4 is 4.72 Å². The summed E-state index contributed by atoms with van der Waals surface area (Å²) in [6.45, 7) is 0.863. The first kappa shape index (κ1) is 29.1.